The molecule has 2 aromatic rings. The van der Waals surface area contributed by atoms with E-state index in [1.54, 1.807) is 21.3 Å². The number of allylic oxidation sites excluding steroid dienone is 3. The fourth-order valence-corrected chi connectivity index (χ4v) is 3.27. The highest BCUT2D eigenvalue weighted by atomic mass is 16.5. The summed E-state index contributed by atoms with van der Waals surface area (Å²) < 4.78 is 16.6. The third kappa shape index (κ3) is 3.41. The first kappa shape index (κ1) is 17.2. The largest absolute Gasteiger partial charge is 0.497 e. The van der Waals surface area contributed by atoms with Crippen molar-refractivity contribution in [3.05, 3.63) is 76.7 Å². The normalized spacial score (nSPS) is 14.6. The summed E-state index contributed by atoms with van der Waals surface area (Å²) in [5, 5.41) is 0. The Hall–Kier alpha value is -2.68. The Balaban J connectivity index is 2.20. The van der Waals surface area contributed by atoms with Crippen molar-refractivity contribution in [3.8, 4) is 5.75 Å². The summed E-state index contributed by atoms with van der Waals surface area (Å²) in [6.45, 7) is 2.10. The van der Waals surface area contributed by atoms with Crippen LogP contribution >= 0.6 is 0 Å². The van der Waals surface area contributed by atoms with Gasteiger partial charge < -0.3 is 14.2 Å². The number of rotatable bonds is 5. The van der Waals surface area contributed by atoms with E-state index in [1.165, 1.54) is 16.7 Å². The third-order valence-electron chi connectivity index (χ3n) is 4.61. The van der Waals surface area contributed by atoms with Crippen LogP contribution in [-0.4, -0.2) is 21.3 Å². The molecule has 0 aliphatic heterocycles. The molecule has 3 heteroatoms. The summed E-state index contributed by atoms with van der Waals surface area (Å²) in [4.78, 5) is 0. The van der Waals surface area contributed by atoms with E-state index >= 15 is 0 Å². The van der Waals surface area contributed by atoms with E-state index in [-0.39, 0.29) is 0 Å². The highest BCUT2D eigenvalue weighted by Crippen LogP contribution is 2.42. The van der Waals surface area contributed by atoms with E-state index in [0.717, 1.165) is 41.2 Å². The molecule has 0 fully saturated rings. The molecule has 0 N–H and O–H groups in total. The number of hydrogen-bond acceptors (Lipinski definition) is 3. The van der Waals surface area contributed by atoms with Gasteiger partial charge in [0.1, 0.15) is 11.5 Å². The summed E-state index contributed by atoms with van der Waals surface area (Å²) >= 11 is 0. The van der Waals surface area contributed by atoms with Crippen LogP contribution in [-0.2, 0) is 9.47 Å². The predicted molar refractivity (Wildman–Crippen MR) is 101 cm³/mol. The van der Waals surface area contributed by atoms with Gasteiger partial charge >= 0.3 is 0 Å². The summed E-state index contributed by atoms with van der Waals surface area (Å²) in [5.41, 5.74) is 5.95. The number of ether oxygens (including phenoxy) is 3. The van der Waals surface area contributed by atoms with Crippen molar-refractivity contribution in [2.24, 2.45) is 0 Å². The Labute approximate surface area is 149 Å². The molecule has 1 aliphatic carbocycles. The first-order valence-corrected chi connectivity index (χ1v) is 8.44. The maximum atomic E-state index is 5.76. The Morgan fingerprint density at radius 1 is 0.680 bits per heavy atom. The van der Waals surface area contributed by atoms with E-state index in [4.69, 9.17) is 14.2 Å². The van der Waals surface area contributed by atoms with Gasteiger partial charge in [-0.2, -0.15) is 0 Å². The van der Waals surface area contributed by atoms with Gasteiger partial charge in [0.15, 0.2) is 5.76 Å². The van der Waals surface area contributed by atoms with Crippen molar-refractivity contribution in [1.82, 2.24) is 0 Å². The Morgan fingerprint density at radius 2 is 1.32 bits per heavy atom. The van der Waals surface area contributed by atoms with Gasteiger partial charge in [0.05, 0.1) is 21.3 Å². The van der Waals surface area contributed by atoms with Gasteiger partial charge in [0.25, 0.3) is 0 Å². The molecule has 3 nitrogen and oxygen atoms in total. The van der Waals surface area contributed by atoms with Crippen molar-refractivity contribution in [2.75, 3.05) is 21.3 Å². The fourth-order valence-electron chi connectivity index (χ4n) is 3.27. The Kier molecular flexibility index (Phi) is 5.13. The number of aryl methyl sites for hydroxylation is 1. The molecule has 0 saturated heterocycles. The molecule has 0 aromatic heterocycles. The second-order valence-electron chi connectivity index (χ2n) is 6.11. The summed E-state index contributed by atoms with van der Waals surface area (Å²) in [7, 11) is 5.09. The molecular weight excluding hydrogens is 312 g/mol. The predicted octanol–water partition coefficient (Wildman–Crippen LogP) is 5.21. The molecule has 0 bridgehead atoms. The highest BCUT2D eigenvalue weighted by Gasteiger charge is 2.25. The quantitative estimate of drug-likeness (QED) is 0.750. The second kappa shape index (κ2) is 7.47. The van der Waals surface area contributed by atoms with E-state index in [2.05, 4.69) is 43.3 Å². The zero-order valence-corrected chi connectivity index (χ0v) is 15.3. The van der Waals surface area contributed by atoms with Crippen molar-refractivity contribution in [3.63, 3.8) is 0 Å². The molecule has 1 aliphatic rings. The zero-order chi connectivity index (χ0) is 17.8. The van der Waals surface area contributed by atoms with Crippen LogP contribution in [0.1, 0.15) is 29.5 Å². The van der Waals surface area contributed by atoms with Crippen LogP contribution < -0.4 is 4.74 Å². The van der Waals surface area contributed by atoms with Crippen LogP contribution in [0.2, 0.25) is 0 Å². The molecule has 130 valence electrons. The van der Waals surface area contributed by atoms with E-state index < -0.39 is 0 Å². The molecule has 3 rings (SSSR count). The van der Waals surface area contributed by atoms with Crippen molar-refractivity contribution < 1.29 is 14.2 Å². The highest BCUT2D eigenvalue weighted by molar-refractivity contribution is 5.98. The summed E-state index contributed by atoms with van der Waals surface area (Å²) in [5.74, 6) is 2.55. The van der Waals surface area contributed by atoms with E-state index in [0.29, 0.717) is 0 Å². The number of benzene rings is 2. The SMILES string of the molecule is COC1=C(OC)C(c2ccc(OC)cc2)=C(c2ccc(C)cc2)CC1. The lowest BCUT2D eigenvalue weighted by molar-refractivity contribution is 0.222. The van der Waals surface area contributed by atoms with Crippen LogP contribution in [0.5, 0.6) is 5.75 Å². The van der Waals surface area contributed by atoms with Gasteiger partial charge in [-0.1, -0.05) is 42.0 Å². The minimum atomic E-state index is 0.814. The maximum absolute atomic E-state index is 5.76. The molecule has 0 amide bonds. The Bertz CT molecular complexity index is 796. The minimum Gasteiger partial charge on any atom is -0.497 e. The Morgan fingerprint density at radius 3 is 1.88 bits per heavy atom. The van der Waals surface area contributed by atoms with Crippen molar-refractivity contribution in [2.45, 2.75) is 19.8 Å². The van der Waals surface area contributed by atoms with Gasteiger partial charge in [-0.15, -0.1) is 0 Å². The molecule has 0 heterocycles. The first-order chi connectivity index (χ1) is 12.2. The molecule has 0 saturated carbocycles. The maximum Gasteiger partial charge on any atom is 0.164 e. The van der Waals surface area contributed by atoms with E-state index in [9.17, 15) is 0 Å². The molecule has 0 radical (unpaired) electrons. The monoisotopic (exact) mass is 336 g/mol. The van der Waals surface area contributed by atoms with Gasteiger partial charge in [-0.3, -0.25) is 0 Å². The van der Waals surface area contributed by atoms with Gasteiger partial charge in [-0.25, -0.2) is 0 Å². The van der Waals surface area contributed by atoms with E-state index in [1.807, 2.05) is 12.1 Å². The fraction of sp³-hybridized carbons (Fsp3) is 0.273. The average Bonchev–Trinajstić information content (AvgIpc) is 2.67. The lowest BCUT2D eigenvalue weighted by atomic mass is 9.85. The topological polar surface area (TPSA) is 27.7 Å². The second-order valence-corrected chi connectivity index (χ2v) is 6.11. The standard InChI is InChI=1S/C22H24O3/c1-15-5-7-16(8-6-15)19-13-14-20(24-3)22(25-4)21(19)17-9-11-18(23-2)12-10-17/h5-12H,13-14H2,1-4H3. The third-order valence-corrected chi connectivity index (χ3v) is 4.61. The first-order valence-electron chi connectivity index (χ1n) is 8.44. The van der Waals surface area contributed by atoms with Crippen LogP contribution in [0.15, 0.2) is 60.0 Å². The van der Waals surface area contributed by atoms with Gasteiger partial charge in [0.2, 0.25) is 0 Å². The lowest BCUT2D eigenvalue weighted by Crippen LogP contribution is -2.09. The van der Waals surface area contributed by atoms with Crippen LogP contribution in [0.4, 0.5) is 0 Å². The van der Waals surface area contributed by atoms with Crippen LogP contribution in [0.25, 0.3) is 11.1 Å². The zero-order valence-electron chi connectivity index (χ0n) is 15.3. The molecular formula is C22H24O3. The number of hydrogen-bond donors (Lipinski definition) is 0. The lowest BCUT2D eigenvalue weighted by Gasteiger charge is -2.25. The van der Waals surface area contributed by atoms with Crippen LogP contribution in [0.3, 0.4) is 0 Å². The molecule has 0 atom stereocenters. The van der Waals surface area contributed by atoms with Gasteiger partial charge in [0, 0.05) is 12.0 Å². The molecule has 0 unspecified atom stereocenters. The van der Waals surface area contributed by atoms with Crippen molar-refractivity contribution in [1.29, 1.82) is 0 Å². The molecule has 25 heavy (non-hydrogen) atoms. The van der Waals surface area contributed by atoms with Crippen LogP contribution in [0, 0.1) is 6.92 Å². The minimum absolute atomic E-state index is 0.814. The summed E-state index contributed by atoms with van der Waals surface area (Å²) in [6, 6.07) is 16.7. The smallest absolute Gasteiger partial charge is 0.164 e. The molecule has 0 spiro atoms. The van der Waals surface area contributed by atoms with Gasteiger partial charge in [-0.05, 0) is 42.2 Å². The average molecular weight is 336 g/mol. The molecule has 2 aromatic carbocycles. The summed E-state index contributed by atoms with van der Waals surface area (Å²) in [6.07, 6.45) is 1.75. The van der Waals surface area contributed by atoms with Crippen molar-refractivity contribution >= 4 is 11.1 Å². The number of methoxy groups -OCH3 is 3.